The number of nitrogens with zero attached hydrogens (tertiary/aromatic N) is 5. The number of anilines is 2. The van der Waals surface area contributed by atoms with Gasteiger partial charge in [0.1, 0.15) is 11.6 Å². The molecule has 3 aromatic heterocycles. The van der Waals surface area contributed by atoms with E-state index in [4.69, 9.17) is 4.74 Å². The number of rotatable bonds is 5. The molecule has 0 aliphatic rings. The van der Waals surface area contributed by atoms with Gasteiger partial charge in [0.25, 0.3) is 0 Å². The fraction of sp³-hybridized carbons (Fsp3) is 0.143. The summed E-state index contributed by atoms with van der Waals surface area (Å²) in [4.78, 5) is 18.8. The molecule has 0 aliphatic heterocycles. The Hall–Kier alpha value is -3.74. The van der Waals surface area contributed by atoms with Crippen LogP contribution < -0.4 is 9.64 Å². The molecule has 0 bridgehead atoms. The average molecular weight is 373 g/mol. The van der Waals surface area contributed by atoms with Crippen molar-refractivity contribution in [2.75, 3.05) is 11.9 Å². The number of aryl methyl sites for hydroxylation is 1. The lowest BCUT2D eigenvalue weighted by atomic mass is 10.2. The summed E-state index contributed by atoms with van der Waals surface area (Å²) in [6.07, 6.45) is 5.98. The van der Waals surface area contributed by atoms with Gasteiger partial charge in [-0.25, -0.2) is 4.98 Å². The molecule has 1 N–H and O–H groups in total. The van der Waals surface area contributed by atoms with Gasteiger partial charge >= 0.3 is 6.01 Å². The van der Waals surface area contributed by atoms with Gasteiger partial charge in [-0.15, -0.1) is 0 Å². The minimum Gasteiger partial charge on any atom is -0.493 e. The van der Waals surface area contributed by atoms with E-state index in [0.29, 0.717) is 16.7 Å². The molecular weight excluding hydrogens is 354 g/mol. The number of fused-ring (bicyclic) bond motifs is 1. The van der Waals surface area contributed by atoms with Gasteiger partial charge in [0.2, 0.25) is 5.88 Å². The average Bonchev–Trinajstić information content (AvgIpc) is 2.74. The van der Waals surface area contributed by atoms with Gasteiger partial charge < -0.3 is 14.7 Å². The summed E-state index contributed by atoms with van der Waals surface area (Å²) in [6.45, 7) is 2.11. The lowest BCUT2D eigenvalue weighted by Crippen LogP contribution is -2.11. The van der Waals surface area contributed by atoms with Crippen LogP contribution in [0.25, 0.3) is 10.9 Å². The van der Waals surface area contributed by atoms with E-state index in [2.05, 4.69) is 32.9 Å². The van der Waals surface area contributed by atoms with Gasteiger partial charge in [-0.1, -0.05) is 13.0 Å². The lowest BCUT2D eigenvalue weighted by molar-refractivity contribution is 0.412. The minimum atomic E-state index is -0.139. The number of aromatic nitrogens is 4. The van der Waals surface area contributed by atoms with Crippen LogP contribution in [0, 0.1) is 0 Å². The van der Waals surface area contributed by atoms with Crippen LogP contribution in [0.1, 0.15) is 12.5 Å². The summed E-state index contributed by atoms with van der Waals surface area (Å²) in [5, 5.41) is 10.6. The van der Waals surface area contributed by atoms with Crippen LogP contribution in [-0.4, -0.2) is 32.1 Å². The van der Waals surface area contributed by atoms with Crippen molar-refractivity contribution >= 4 is 22.4 Å². The van der Waals surface area contributed by atoms with Gasteiger partial charge in [-0.2, -0.15) is 9.97 Å². The highest BCUT2D eigenvalue weighted by molar-refractivity contribution is 5.82. The van der Waals surface area contributed by atoms with Gasteiger partial charge in [-0.05, 0) is 48.4 Å². The lowest BCUT2D eigenvalue weighted by Gasteiger charge is -2.18. The molecule has 0 unspecified atom stereocenters. The van der Waals surface area contributed by atoms with Gasteiger partial charge in [-0.3, -0.25) is 4.98 Å². The van der Waals surface area contributed by atoms with E-state index in [0.717, 1.165) is 17.9 Å². The van der Waals surface area contributed by atoms with Crippen LogP contribution in [-0.2, 0) is 6.42 Å². The molecule has 7 heteroatoms. The third-order valence-electron chi connectivity index (χ3n) is 4.45. The highest BCUT2D eigenvalue weighted by Crippen LogP contribution is 2.28. The Morgan fingerprint density at radius 2 is 1.82 bits per heavy atom. The fourth-order valence-electron chi connectivity index (χ4n) is 2.79. The molecule has 4 rings (SSSR count). The summed E-state index contributed by atoms with van der Waals surface area (Å²) < 4.78 is 5.69. The van der Waals surface area contributed by atoms with E-state index in [-0.39, 0.29) is 11.9 Å². The third kappa shape index (κ3) is 3.55. The maximum absolute atomic E-state index is 10.0. The van der Waals surface area contributed by atoms with E-state index in [9.17, 15) is 5.11 Å². The molecule has 0 aliphatic carbocycles. The number of hydrogen-bond acceptors (Lipinski definition) is 7. The molecule has 4 aromatic rings. The molecule has 0 atom stereocenters. The van der Waals surface area contributed by atoms with E-state index >= 15 is 0 Å². The second kappa shape index (κ2) is 7.48. The molecule has 0 amide bonds. The Bertz CT molecular complexity index is 1100. The molecule has 1 aromatic carbocycles. The molecule has 28 heavy (non-hydrogen) atoms. The number of aromatic hydroxyl groups is 1. The van der Waals surface area contributed by atoms with E-state index in [1.165, 1.54) is 5.56 Å². The summed E-state index contributed by atoms with van der Waals surface area (Å²) in [5.41, 5.74) is 2.69. The largest absolute Gasteiger partial charge is 0.493 e. The molecule has 140 valence electrons. The van der Waals surface area contributed by atoms with Crippen molar-refractivity contribution in [2.45, 2.75) is 13.3 Å². The highest BCUT2D eigenvalue weighted by Gasteiger charge is 2.10. The standard InChI is InChI=1S/C21H19N5O2/c1-3-14-4-9-19(23-12-14)26(2)15-5-7-16(8-6-15)28-21-24-18-13-22-11-10-17(18)20(27)25-21/h4-13H,3H2,1-2H3,(H,24,25,27). The zero-order chi connectivity index (χ0) is 19.5. The second-order valence-corrected chi connectivity index (χ2v) is 6.26. The first-order valence-corrected chi connectivity index (χ1v) is 8.91. The fourth-order valence-corrected chi connectivity index (χ4v) is 2.79. The van der Waals surface area contributed by atoms with E-state index in [1.54, 1.807) is 18.5 Å². The monoisotopic (exact) mass is 373 g/mol. The normalized spacial score (nSPS) is 10.8. The Balaban J connectivity index is 1.53. The number of pyridine rings is 2. The Kier molecular flexibility index (Phi) is 4.72. The molecule has 0 fully saturated rings. The molecule has 7 nitrogen and oxygen atoms in total. The van der Waals surface area contributed by atoms with Crippen LogP contribution in [0.15, 0.2) is 61.1 Å². The maximum Gasteiger partial charge on any atom is 0.325 e. The van der Waals surface area contributed by atoms with Gasteiger partial charge in [0.05, 0.1) is 17.1 Å². The third-order valence-corrected chi connectivity index (χ3v) is 4.45. The minimum absolute atomic E-state index is 0.0657. The molecule has 0 spiro atoms. The first-order chi connectivity index (χ1) is 13.6. The maximum atomic E-state index is 10.0. The Labute approximate surface area is 162 Å². The highest BCUT2D eigenvalue weighted by atomic mass is 16.5. The Morgan fingerprint density at radius 3 is 2.54 bits per heavy atom. The first kappa shape index (κ1) is 17.7. The van der Waals surface area contributed by atoms with Crippen LogP contribution >= 0.6 is 0 Å². The molecular formula is C21H19N5O2. The predicted octanol–water partition coefficient (Wildman–Crippen LogP) is 4.25. The van der Waals surface area contributed by atoms with Crippen molar-refractivity contribution in [3.05, 3.63) is 66.6 Å². The number of hydrogen-bond donors (Lipinski definition) is 1. The first-order valence-electron chi connectivity index (χ1n) is 8.91. The summed E-state index contributed by atoms with van der Waals surface area (Å²) in [5.74, 6) is 1.29. The van der Waals surface area contributed by atoms with Gasteiger partial charge in [0, 0.05) is 25.1 Å². The zero-order valence-corrected chi connectivity index (χ0v) is 15.6. The quantitative estimate of drug-likeness (QED) is 0.560. The predicted molar refractivity (Wildman–Crippen MR) is 107 cm³/mol. The van der Waals surface area contributed by atoms with Crippen LogP contribution in [0.2, 0.25) is 0 Å². The molecule has 0 radical (unpaired) electrons. The summed E-state index contributed by atoms with van der Waals surface area (Å²) in [7, 11) is 1.96. The SMILES string of the molecule is CCc1ccc(N(C)c2ccc(Oc3nc(O)c4ccncc4n3)cc2)nc1. The van der Waals surface area contributed by atoms with Crippen molar-refractivity contribution in [1.82, 2.24) is 19.9 Å². The van der Waals surface area contributed by atoms with Crippen molar-refractivity contribution in [3.8, 4) is 17.6 Å². The van der Waals surface area contributed by atoms with Crippen molar-refractivity contribution in [3.63, 3.8) is 0 Å². The topological polar surface area (TPSA) is 84.3 Å². The second-order valence-electron chi connectivity index (χ2n) is 6.26. The molecule has 0 saturated carbocycles. The van der Waals surface area contributed by atoms with Crippen molar-refractivity contribution in [2.24, 2.45) is 0 Å². The number of benzene rings is 1. The van der Waals surface area contributed by atoms with Crippen LogP contribution in [0.4, 0.5) is 11.5 Å². The zero-order valence-electron chi connectivity index (χ0n) is 15.6. The summed E-state index contributed by atoms with van der Waals surface area (Å²) in [6, 6.07) is 13.3. The van der Waals surface area contributed by atoms with Crippen LogP contribution in [0.3, 0.4) is 0 Å². The molecule has 3 heterocycles. The van der Waals surface area contributed by atoms with Crippen LogP contribution in [0.5, 0.6) is 17.6 Å². The van der Waals surface area contributed by atoms with E-state index < -0.39 is 0 Å². The molecule has 0 saturated heterocycles. The smallest absolute Gasteiger partial charge is 0.325 e. The van der Waals surface area contributed by atoms with Crippen molar-refractivity contribution < 1.29 is 9.84 Å². The number of ether oxygens (including phenoxy) is 1. The van der Waals surface area contributed by atoms with Crippen molar-refractivity contribution in [1.29, 1.82) is 0 Å². The van der Waals surface area contributed by atoms with Gasteiger partial charge in [0.15, 0.2) is 0 Å². The summed E-state index contributed by atoms with van der Waals surface area (Å²) >= 11 is 0. The Morgan fingerprint density at radius 1 is 1.00 bits per heavy atom. The van der Waals surface area contributed by atoms with E-state index in [1.807, 2.05) is 48.5 Å².